The number of halogens is 1. The predicted molar refractivity (Wildman–Crippen MR) is 113 cm³/mol. The largest absolute Gasteiger partial charge is 0.465 e. The van der Waals surface area contributed by atoms with E-state index in [0.717, 1.165) is 16.8 Å². The topological polar surface area (TPSA) is 69.4 Å². The molecule has 0 amide bonds. The van der Waals surface area contributed by atoms with Gasteiger partial charge in [-0.15, -0.1) is 11.3 Å². The average Bonchev–Trinajstić information content (AvgIpc) is 3.38. The molecular formula is C21H19ClN4O2S. The van der Waals surface area contributed by atoms with Crippen LogP contribution in [0.25, 0.3) is 16.8 Å². The molecule has 0 saturated heterocycles. The molecule has 0 fully saturated rings. The maximum atomic E-state index is 13.0. The molecule has 6 nitrogen and oxygen atoms in total. The Morgan fingerprint density at radius 3 is 2.72 bits per heavy atom. The lowest BCUT2D eigenvalue weighted by atomic mass is 9.82. The summed E-state index contributed by atoms with van der Waals surface area (Å²) in [5.41, 5.74) is 4.81. The Labute approximate surface area is 177 Å². The summed E-state index contributed by atoms with van der Waals surface area (Å²) in [6.45, 7) is 3.97. The van der Waals surface area contributed by atoms with E-state index in [1.807, 2.05) is 42.6 Å². The smallest absolute Gasteiger partial charge is 0.318 e. The van der Waals surface area contributed by atoms with Crippen molar-refractivity contribution in [3.8, 4) is 11.1 Å². The Hall–Kier alpha value is -2.77. The van der Waals surface area contributed by atoms with Crippen LogP contribution in [0.4, 0.5) is 0 Å². The molecule has 8 heteroatoms. The zero-order valence-corrected chi connectivity index (χ0v) is 17.6. The third-order valence-corrected chi connectivity index (χ3v) is 5.75. The van der Waals surface area contributed by atoms with Gasteiger partial charge in [-0.2, -0.15) is 5.10 Å². The van der Waals surface area contributed by atoms with Crippen molar-refractivity contribution < 1.29 is 9.53 Å². The van der Waals surface area contributed by atoms with E-state index in [-0.39, 0.29) is 5.97 Å². The van der Waals surface area contributed by atoms with Gasteiger partial charge in [0.1, 0.15) is 5.41 Å². The molecule has 0 N–H and O–H groups in total. The van der Waals surface area contributed by atoms with Gasteiger partial charge in [-0.3, -0.25) is 4.79 Å². The van der Waals surface area contributed by atoms with E-state index in [0.29, 0.717) is 29.4 Å². The van der Waals surface area contributed by atoms with Gasteiger partial charge in [0.15, 0.2) is 5.65 Å². The first-order chi connectivity index (χ1) is 14.0. The molecule has 1 aromatic carbocycles. The number of fused-ring (bicyclic) bond motifs is 1. The highest BCUT2D eigenvalue weighted by molar-refractivity contribution is 7.07. The van der Waals surface area contributed by atoms with Crippen LogP contribution < -0.4 is 0 Å². The monoisotopic (exact) mass is 426 g/mol. The molecule has 0 bridgehead atoms. The maximum Gasteiger partial charge on any atom is 0.318 e. The van der Waals surface area contributed by atoms with Gasteiger partial charge in [0.25, 0.3) is 0 Å². The number of carbonyl (C=O) groups excluding carboxylic acids is 1. The van der Waals surface area contributed by atoms with Crippen LogP contribution in [0.1, 0.15) is 25.2 Å². The molecule has 1 atom stereocenters. The molecule has 4 rings (SSSR count). The zero-order chi connectivity index (χ0) is 20.4. The van der Waals surface area contributed by atoms with Crippen molar-refractivity contribution in [2.75, 3.05) is 6.61 Å². The average molecular weight is 427 g/mol. The van der Waals surface area contributed by atoms with Crippen LogP contribution in [0.3, 0.4) is 0 Å². The van der Waals surface area contributed by atoms with E-state index in [1.54, 1.807) is 29.3 Å². The summed E-state index contributed by atoms with van der Waals surface area (Å²) in [4.78, 5) is 21.9. The van der Waals surface area contributed by atoms with E-state index < -0.39 is 5.41 Å². The molecule has 0 spiro atoms. The summed E-state index contributed by atoms with van der Waals surface area (Å²) in [6.07, 6.45) is 3.86. The van der Waals surface area contributed by atoms with Crippen LogP contribution in [-0.4, -0.2) is 32.2 Å². The van der Waals surface area contributed by atoms with E-state index in [1.165, 1.54) is 11.3 Å². The fraction of sp³-hybridized carbons (Fsp3) is 0.238. The number of nitrogens with zero attached hydrogens (tertiary/aromatic N) is 4. The second-order valence-corrected chi connectivity index (χ2v) is 7.99. The van der Waals surface area contributed by atoms with Crippen molar-refractivity contribution in [2.24, 2.45) is 0 Å². The molecule has 3 aromatic heterocycles. The summed E-state index contributed by atoms with van der Waals surface area (Å²) in [5, 5.41) is 7.16. The fourth-order valence-corrected chi connectivity index (χ4v) is 4.07. The van der Waals surface area contributed by atoms with Crippen molar-refractivity contribution >= 4 is 34.6 Å². The summed E-state index contributed by atoms with van der Waals surface area (Å²) >= 11 is 7.51. The molecular weight excluding hydrogens is 408 g/mol. The SMILES string of the molecule is CCOC(=O)C(C)(Cc1cscn1)c1ccnc2c(-c3ccc(Cl)cc3)cnn12. The number of ether oxygens (including phenoxy) is 1. The first-order valence-corrected chi connectivity index (χ1v) is 10.5. The molecule has 0 aliphatic rings. The van der Waals surface area contributed by atoms with Crippen LogP contribution in [0.5, 0.6) is 0 Å². The number of carbonyl (C=O) groups is 1. The van der Waals surface area contributed by atoms with Gasteiger partial charge < -0.3 is 4.74 Å². The Morgan fingerprint density at radius 1 is 1.24 bits per heavy atom. The van der Waals surface area contributed by atoms with Crippen LogP contribution in [0.2, 0.25) is 5.02 Å². The summed E-state index contributed by atoms with van der Waals surface area (Å²) in [6, 6.07) is 9.32. The van der Waals surface area contributed by atoms with E-state index in [2.05, 4.69) is 15.1 Å². The standard InChI is InChI=1S/C21H19ClN4O2S/c1-3-28-20(27)21(2,10-16-12-29-13-24-16)18-8-9-23-19-17(11-25-26(18)19)14-4-6-15(22)7-5-14/h4-9,11-13H,3,10H2,1-2H3. The third-order valence-electron chi connectivity index (χ3n) is 4.87. The van der Waals surface area contributed by atoms with Crippen molar-refractivity contribution in [3.63, 3.8) is 0 Å². The minimum absolute atomic E-state index is 0.300. The lowest BCUT2D eigenvalue weighted by Crippen LogP contribution is -2.39. The number of thiazole rings is 1. The molecule has 4 aromatic rings. The minimum atomic E-state index is -0.964. The predicted octanol–water partition coefficient (Wildman–Crippen LogP) is 4.57. The van der Waals surface area contributed by atoms with Crippen LogP contribution in [0.15, 0.2) is 53.6 Å². The molecule has 0 aliphatic carbocycles. The quantitative estimate of drug-likeness (QED) is 0.422. The van der Waals surface area contributed by atoms with Crippen LogP contribution >= 0.6 is 22.9 Å². The van der Waals surface area contributed by atoms with Gasteiger partial charge in [0.05, 0.1) is 29.7 Å². The number of hydrogen-bond donors (Lipinski definition) is 0. The van der Waals surface area contributed by atoms with Crippen molar-refractivity contribution in [2.45, 2.75) is 25.7 Å². The first-order valence-electron chi connectivity index (χ1n) is 9.16. The number of esters is 1. The fourth-order valence-electron chi connectivity index (χ4n) is 3.39. The number of aromatic nitrogens is 4. The summed E-state index contributed by atoms with van der Waals surface area (Å²) < 4.78 is 7.14. The van der Waals surface area contributed by atoms with Gasteiger partial charge in [-0.05, 0) is 37.6 Å². The Balaban J connectivity index is 1.86. The second kappa shape index (κ2) is 7.93. The Kier molecular flexibility index (Phi) is 5.34. The molecule has 3 heterocycles. The number of benzene rings is 1. The highest BCUT2D eigenvalue weighted by atomic mass is 35.5. The van der Waals surface area contributed by atoms with E-state index >= 15 is 0 Å². The summed E-state index contributed by atoms with van der Waals surface area (Å²) in [7, 11) is 0. The van der Waals surface area contributed by atoms with Crippen LogP contribution in [0, 0.1) is 0 Å². The minimum Gasteiger partial charge on any atom is -0.465 e. The number of hydrogen-bond acceptors (Lipinski definition) is 6. The van der Waals surface area contributed by atoms with Gasteiger partial charge in [0.2, 0.25) is 0 Å². The lowest BCUT2D eigenvalue weighted by Gasteiger charge is -2.27. The zero-order valence-electron chi connectivity index (χ0n) is 16.0. The highest BCUT2D eigenvalue weighted by Crippen LogP contribution is 2.32. The molecule has 0 radical (unpaired) electrons. The number of rotatable bonds is 6. The van der Waals surface area contributed by atoms with Gasteiger partial charge in [-0.1, -0.05) is 23.7 Å². The van der Waals surface area contributed by atoms with Crippen molar-refractivity contribution in [3.05, 3.63) is 70.0 Å². The molecule has 0 saturated carbocycles. The van der Waals surface area contributed by atoms with Gasteiger partial charge >= 0.3 is 5.97 Å². The second-order valence-electron chi connectivity index (χ2n) is 6.84. The Bertz CT molecular complexity index is 1140. The molecule has 1 unspecified atom stereocenters. The van der Waals surface area contributed by atoms with E-state index in [4.69, 9.17) is 16.3 Å². The van der Waals surface area contributed by atoms with Crippen molar-refractivity contribution in [1.29, 1.82) is 0 Å². The highest BCUT2D eigenvalue weighted by Gasteiger charge is 2.40. The Morgan fingerprint density at radius 2 is 2.03 bits per heavy atom. The normalized spacial score (nSPS) is 13.3. The molecule has 29 heavy (non-hydrogen) atoms. The molecule has 148 valence electrons. The van der Waals surface area contributed by atoms with E-state index in [9.17, 15) is 4.79 Å². The van der Waals surface area contributed by atoms with Gasteiger partial charge in [-0.25, -0.2) is 14.5 Å². The van der Waals surface area contributed by atoms with Crippen LogP contribution in [-0.2, 0) is 21.4 Å². The third kappa shape index (κ3) is 3.63. The van der Waals surface area contributed by atoms with Crippen molar-refractivity contribution in [1.82, 2.24) is 19.6 Å². The molecule has 0 aliphatic heterocycles. The van der Waals surface area contributed by atoms with Gasteiger partial charge in [0, 0.05) is 28.6 Å². The first kappa shape index (κ1) is 19.5. The summed E-state index contributed by atoms with van der Waals surface area (Å²) in [5.74, 6) is -0.316. The lowest BCUT2D eigenvalue weighted by molar-refractivity contribution is -0.149. The maximum absolute atomic E-state index is 13.0.